The average molecular weight is 1230 g/mol. The largest absolute Gasteiger partial charge is 0.756 e. The molecule has 0 aromatic rings. The van der Waals surface area contributed by atoms with Crippen molar-refractivity contribution in [3.05, 3.63) is 24.3 Å². The summed E-state index contributed by atoms with van der Waals surface area (Å²) in [5.41, 5.74) is 0. The van der Waals surface area contributed by atoms with Gasteiger partial charge >= 0.3 is 11.9 Å². The Morgan fingerprint density at radius 3 is 0.919 bits per heavy atom. The zero-order valence-corrected chi connectivity index (χ0v) is 59.2. The predicted molar refractivity (Wildman–Crippen MR) is 370 cm³/mol. The Hall–Kier alpha value is -1.51. The highest BCUT2D eigenvalue weighted by atomic mass is 31.2. The van der Waals surface area contributed by atoms with Crippen LogP contribution in [0.1, 0.15) is 399 Å². The fourth-order valence-electron chi connectivity index (χ4n) is 11.6. The number of rotatable bonds is 72. The molecule has 2 atom stereocenters. The first-order valence-corrected chi connectivity index (χ1v) is 39.5. The second kappa shape index (κ2) is 67.9. The number of unbranched alkanes of at least 4 members (excludes halogenated alkanes) is 54. The Labute approximate surface area is 536 Å². The maximum Gasteiger partial charge on any atom is 0.306 e. The van der Waals surface area contributed by atoms with Crippen molar-refractivity contribution >= 4 is 19.8 Å². The molecule has 0 fully saturated rings. The molecular weight excluding hydrogens is 1090 g/mol. The van der Waals surface area contributed by atoms with E-state index in [0.717, 1.165) is 38.5 Å². The van der Waals surface area contributed by atoms with Gasteiger partial charge in [0.1, 0.15) is 19.8 Å². The zero-order chi connectivity index (χ0) is 62.6. The number of likely N-dealkylation sites (N-methyl/N-ethyl adjacent to an activating group) is 1. The van der Waals surface area contributed by atoms with E-state index < -0.39 is 26.5 Å². The molecule has 0 spiro atoms. The van der Waals surface area contributed by atoms with Crippen LogP contribution in [-0.2, 0) is 32.7 Å². The van der Waals surface area contributed by atoms with E-state index in [1.165, 1.54) is 327 Å². The van der Waals surface area contributed by atoms with Crippen LogP contribution in [0.25, 0.3) is 0 Å². The van der Waals surface area contributed by atoms with Crippen molar-refractivity contribution in [2.24, 2.45) is 0 Å². The fourth-order valence-corrected chi connectivity index (χ4v) is 12.4. The number of carbonyl (C=O) groups excluding carboxylic acids is 2. The number of phosphoric acid groups is 1. The lowest BCUT2D eigenvalue weighted by Gasteiger charge is -2.28. The van der Waals surface area contributed by atoms with E-state index in [0.29, 0.717) is 17.4 Å². The van der Waals surface area contributed by atoms with Crippen LogP contribution in [0, 0.1) is 0 Å². The van der Waals surface area contributed by atoms with Gasteiger partial charge in [0.25, 0.3) is 7.82 Å². The summed E-state index contributed by atoms with van der Waals surface area (Å²) < 4.78 is 34.4. The van der Waals surface area contributed by atoms with Gasteiger partial charge in [-0.25, -0.2) is 0 Å². The van der Waals surface area contributed by atoms with Crippen molar-refractivity contribution in [3.8, 4) is 0 Å². The molecule has 0 radical (unpaired) electrons. The van der Waals surface area contributed by atoms with Gasteiger partial charge in [0.2, 0.25) is 0 Å². The van der Waals surface area contributed by atoms with E-state index in [-0.39, 0.29) is 32.0 Å². The lowest BCUT2D eigenvalue weighted by atomic mass is 10.0. The number of hydrogen-bond acceptors (Lipinski definition) is 8. The number of nitrogens with zero attached hydrogens (tertiary/aromatic N) is 1. The van der Waals surface area contributed by atoms with Crippen LogP contribution in [0.15, 0.2) is 24.3 Å². The highest BCUT2D eigenvalue weighted by molar-refractivity contribution is 7.45. The van der Waals surface area contributed by atoms with Gasteiger partial charge in [-0.1, -0.05) is 366 Å². The topological polar surface area (TPSA) is 111 Å². The smallest absolute Gasteiger partial charge is 0.306 e. The number of phosphoric ester groups is 1. The van der Waals surface area contributed by atoms with Gasteiger partial charge in [-0.3, -0.25) is 14.2 Å². The standard InChI is InChI=1S/C76H148NO8P/c1-6-8-10-12-14-16-18-20-22-24-26-28-30-31-32-33-34-35-36-37-38-39-40-41-42-43-44-45-47-49-51-53-55-57-59-61-63-65-67-69-76(79)85-74(73-84-86(80,81)83-71-70-77(3,4)5)72-82-75(78)68-66-64-62-60-58-56-54-52-50-48-46-29-27-25-23-21-19-17-15-13-11-9-7-2/h18,20,24,26,74H,6-17,19,21-23,25,27-73H2,1-5H3/b20-18-,26-24-. The first-order chi connectivity index (χ1) is 42.0. The van der Waals surface area contributed by atoms with Crippen LogP contribution in [-0.4, -0.2) is 70.0 Å². The summed E-state index contributed by atoms with van der Waals surface area (Å²) in [5.74, 6) is -0.805. The molecule has 9 nitrogen and oxygen atoms in total. The van der Waals surface area contributed by atoms with Gasteiger partial charge in [0.05, 0.1) is 27.7 Å². The lowest BCUT2D eigenvalue weighted by molar-refractivity contribution is -0.870. The second-order valence-electron chi connectivity index (χ2n) is 27.4. The van der Waals surface area contributed by atoms with Crippen molar-refractivity contribution < 1.29 is 42.1 Å². The van der Waals surface area contributed by atoms with Gasteiger partial charge in [0, 0.05) is 12.8 Å². The minimum atomic E-state index is -4.64. The molecular formula is C76H148NO8P. The first-order valence-electron chi connectivity index (χ1n) is 38.0. The summed E-state index contributed by atoms with van der Waals surface area (Å²) >= 11 is 0. The number of carbonyl (C=O) groups is 2. The number of esters is 2. The molecule has 86 heavy (non-hydrogen) atoms. The Morgan fingerprint density at radius 1 is 0.360 bits per heavy atom. The Balaban J connectivity index is 3.89. The van der Waals surface area contributed by atoms with E-state index in [1.54, 1.807) is 0 Å². The van der Waals surface area contributed by atoms with Crippen molar-refractivity contribution in [1.82, 2.24) is 0 Å². The summed E-state index contributed by atoms with van der Waals surface area (Å²) in [4.78, 5) is 38.1. The minimum Gasteiger partial charge on any atom is -0.756 e. The van der Waals surface area contributed by atoms with Crippen molar-refractivity contribution in [2.45, 2.75) is 405 Å². The summed E-state index contributed by atoms with van der Waals surface area (Å²) in [6.45, 7) is 4.32. The summed E-state index contributed by atoms with van der Waals surface area (Å²) in [6.07, 6.45) is 85.8. The van der Waals surface area contributed by atoms with E-state index in [2.05, 4.69) is 38.2 Å². The third-order valence-corrected chi connectivity index (χ3v) is 18.4. The third-order valence-electron chi connectivity index (χ3n) is 17.5. The molecule has 0 aromatic carbocycles. The maximum absolute atomic E-state index is 12.9. The van der Waals surface area contributed by atoms with E-state index in [9.17, 15) is 19.0 Å². The quantitative estimate of drug-likeness (QED) is 0.0195. The number of quaternary nitrogens is 1. The average Bonchev–Trinajstić information content (AvgIpc) is 3.56. The van der Waals surface area contributed by atoms with Crippen molar-refractivity contribution in [1.29, 1.82) is 0 Å². The number of ether oxygens (including phenoxy) is 2. The molecule has 0 saturated heterocycles. The zero-order valence-electron chi connectivity index (χ0n) is 58.3. The van der Waals surface area contributed by atoms with Crippen LogP contribution < -0.4 is 4.89 Å². The van der Waals surface area contributed by atoms with E-state index >= 15 is 0 Å². The molecule has 0 aromatic heterocycles. The first kappa shape index (κ1) is 84.5. The third kappa shape index (κ3) is 71.6. The number of allylic oxidation sites excluding steroid dienone is 4. The van der Waals surface area contributed by atoms with Crippen LogP contribution >= 0.6 is 7.82 Å². The molecule has 0 amide bonds. The fraction of sp³-hybridized carbons (Fsp3) is 0.921. The molecule has 10 heteroatoms. The van der Waals surface area contributed by atoms with Crippen LogP contribution in [0.3, 0.4) is 0 Å². The Kier molecular flexibility index (Phi) is 66.7. The molecule has 510 valence electrons. The number of hydrogen-bond donors (Lipinski definition) is 0. The summed E-state index contributed by atoms with van der Waals surface area (Å²) in [5, 5.41) is 0. The van der Waals surface area contributed by atoms with Crippen LogP contribution in [0.5, 0.6) is 0 Å². The maximum atomic E-state index is 12.9. The lowest BCUT2D eigenvalue weighted by Crippen LogP contribution is -2.37. The molecule has 0 aliphatic heterocycles. The second-order valence-corrected chi connectivity index (χ2v) is 28.8. The molecule has 0 rings (SSSR count). The highest BCUT2D eigenvalue weighted by Crippen LogP contribution is 2.38. The predicted octanol–water partition coefficient (Wildman–Crippen LogP) is 24.2. The molecule has 0 aliphatic rings. The summed E-state index contributed by atoms with van der Waals surface area (Å²) in [6, 6.07) is 0. The van der Waals surface area contributed by atoms with Gasteiger partial charge in [-0.2, -0.15) is 0 Å². The Morgan fingerprint density at radius 2 is 0.628 bits per heavy atom. The van der Waals surface area contributed by atoms with Crippen molar-refractivity contribution in [3.63, 3.8) is 0 Å². The molecule has 0 bridgehead atoms. The SMILES string of the molecule is CCCCCCC/C=C\C/C=C\CCCCCCCCCCCCCCCCCCCCCCCCCCCCCC(=O)OC(COC(=O)CCCCCCCCCCCCCCCCCCCCCCCCC)COP(=O)([O-])OCC[N+](C)(C)C. The van der Waals surface area contributed by atoms with Gasteiger partial charge in [-0.15, -0.1) is 0 Å². The Bertz CT molecular complexity index is 1500. The molecule has 0 aliphatic carbocycles. The molecule has 2 unspecified atom stereocenters. The molecule has 0 N–H and O–H groups in total. The van der Waals surface area contributed by atoms with Gasteiger partial charge in [0.15, 0.2) is 6.10 Å². The van der Waals surface area contributed by atoms with Crippen LogP contribution in [0.2, 0.25) is 0 Å². The van der Waals surface area contributed by atoms with E-state index in [1.807, 2.05) is 21.1 Å². The highest BCUT2D eigenvalue weighted by Gasteiger charge is 2.22. The summed E-state index contributed by atoms with van der Waals surface area (Å²) in [7, 11) is 1.19. The molecule has 0 heterocycles. The minimum absolute atomic E-state index is 0.0260. The normalized spacial score (nSPS) is 13.1. The van der Waals surface area contributed by atoms with E-state index in [4.69, 9.17) is 18.5 Å². The van der Waals surface area contributed by atoms with Crippen molar-refractivity contribution in [2.75, 3.05) is 47.5 Å². The van der Waals surface area contributed by atoms with Crippen LogP contribution in [0.4, 0.5) is 0 Å². The molecule has 0 saturated carbocycles. The monoisotopic (exact) mass is 1230 g/mol. The van der Waals surface area contributed by atoms with Gasteiger partial charge in [-0.05, 0) is 44.9 Å². The van der Waals surface area contributed by atoms with Gasteiger partial charge < -0.3 is 27.9 Å².